The lowest BCUT2D eigenvalue weighted by molar-refractivity contribution is 0.318. The largest absolute Gasteiger partial charge is 0.409 e. The van der Waals surface area contributed by atoms with E-state index in [1.807, 2.05) is 24.3 Å². The van der Waals surface area contributed by atoms with E-state index in [9.17, 15) is 0 Å². The van der Waals surface area contributed by atoms with Crippen LogP contribution in [0.25, 0.3) is 11.4 Å². The highest BCUT2D eigenvalue weighted by Gasteiger charge is 2.04. The average Bonchev–Trinajstić information content (AvgIpc) is 2.39. The lowest BCUT2D eigenvalue weighted by Gasteiger charge is -2.02. The van der Waals surface area contributed by atoms with Crippen LogP contribution in [0.15, 0.2) is 47.8 Å². The van der Waals surface area contributed by atoms with Gasteiger partial charge in [-0.1, -0.05) is 17.3 Å². The van der Waals surface area contributed by atoms with Crippen molar-refractivity contribution in [3.8, 4) is 11.4 Å². The third kappa shape index (κ3) is 1.98. The summed E-state index contributed by atoms with van der Waals surface area (Å²) in [6, 6.07) is 10.8. The Morgan fingerprint density at radius 2 is 1.94 bits per heavy atom. The van der Waals surface area contributed by atoms with Crippen LogP contribution in [0.4, 0.5) is 0 Å². The molecule has 0 saturated heterocycles. The van der Waals surface area contributed by atoms with E-state index in [1.54, 1.807) is 18.3 Å². The fourth-order valence-corrected chi connectivity index (χ4v) is 1.29. The Hall–Kier alpha value is -2.43. The van der Waals surface area contributed by atoms with Crippen LogP contribution in [-0.4, -0.2) is 21.0 Å². The maximum Gasteiger partial charge on any atom is 0.188 e. The highest BCUT2D eigenvalue weighted by Crippen LogP contribution is 2.13. The lowest BCUT2D eigenvalue weighted by Crippen LogP contribution is -2.15. The molecule has 80 valence electrons. The summed E-state index contributed by atoms with van der Waals surface area (Å²) < 4.78 is 0. The van der Waals surface area contributed by atoms with Crippen LogP contribution in [0.2, 0.25) is 0 Å². The van der Waals surface area contributed by atoms with Crippen LogP contribution in [0.3, 0.4) is 0 Å². The Balaban J connectivity index is 2.44. The average molecular weight is 214 g/mol. The van der Waals surface area contributed by atoms with Gasteiger partial charge in [0.25, 0.3) is 0 Å². The normalized spacial score (nSPS) is 11.4. The summed E-state index contributed by atoms with van der Waals surface area (Å²) in [5, 5.41) is 11.5. The van der Waals surface area contributed by atoms with Gasteiger partial charge in [-0.05, 0) is 24.3 Å². The van der Waals surface area contributed by atoms with Gasteiger partial charge in [-0.15, -0.1) is 0 Å². The number of pyridine rings is 2. The number of hydrogen-bond acceptors (Lipinski definition) is 4. The molecule has 0 amide bonds. The molecule has 2 aromatic rings. The summed E-state index contributed by atoms with van der Waals surface area (Å²) in [7, 11) is 0. The molecule has 16 heavy (non-hydrogen) atoms. The van der Waals surface area contributed by atoms with Crippen molar-refractivity contribution < 1.29 is 5.21 Å². The summed E-state index contributed by atoms with van der Waals surface area (Å²) in [4.78, 5) is 8.41. The van der Waals surface area contributed by atoms with Crippen molar-refractivity contribution in [2.75, 3.05) is 0 Å². The number of hydrogen-bond donors (Lipinski definition) is 2. The molecule has 2 rings (SSSR count). The van der Waals surface area contributed by atoms with Crippen molar-refractivity contribution >= 4 is 5.84 Å². The van der Waals surface area contributed by atoms with Crippen LogP contribution < -0.4 is 5.73 Å². The Morgan fingerprint density at radius 1 is 1.12 bits per heavy atom. The molecule has 0 bridgehead atoms. The van der Waals surface area contributed by atoms with E-state index >= 15 is 0 Å². The Morgan fingerprint density at radius 3 is 2.62 bits per heavy atom. The maximum absolute atomic E-state index is 8.56. The molecule has 2 aromatic heterocycles. The SMILES string of the molecule is N/C(=N\O)c1cccc(-c2ccccn2)n1. The quantitative estimate of drug-likeness (QED) is 0.341. The van der Waals surface area contributed by atoms with Gasteiger partial charge in [0.1, 0.15) is 5.69 Å². The van der Waals surface area contributed by atoms with Crippen molar-refractivity contribution in [3.05, 3.63) is 48.3 Å². The van der Waals surface area contributed by atoms with Crippen LogP contribution in [0.1, 0.15) is 5.69 Å². The minimum absolute atomic E-state index is 0.0159. The second-order valence-corrected chi connectivity index (χ2v) is 3.11. The fraction of sp³-hybridized carbons (Fsp3) is 0. The molecule has 0 saturated carbocycles. The highest BCUT2D eigenvalue weighted by atomic mass is 16.4. The van der Waals surface area contributed by atoms with Gasteiger partial charge in [0, 0.05) is 6.20 Å². The number of amidine groups is 1. The molecular weight excluding hydrogens is 204 g/mol. The molecule has 5 nitrogen and oxygen atoms in total. The first-order valence-electron chi connectivity index (χ1n) is 4.67. The summed E-state index contributed by atoms with van der Waals surface area (Å²) in [5.41, 5.74) is 7.31. The zero-order chi connectivity index (χ0) is 11.4. The zero-order valence-electron chi connectivity index (χ0n) is 8.41. The molecule has 0 radical (unpaired) electrons. The van der Waals surface area contributed by atoms with E-state index in [2.05, 4.69) is 15.1 Å². The van der Waals surface area contributed by atoms with Gasteiger partial charge in [-0.2, -0.15) is 0 Å². The summed E-state index contributed by atoms with van der Waals surface area (Å²) in [6.07, 6.45) is 1.69. The van der Waals surface area contributed by atoms with Crippen molar-refractivity contribution in [2.45, 2.75) is 0 Å². The molecule has 0 spiro atoms. The Labute approximate surface area is 92.3 Å². The zero-order valence-corrected chi connectivity index (χ0v) is 8.41. The van der Waals surface area contributed by atoms with Crippen LogP contribution >= 0.6 is 0 Å². The molecule has 3 N–H and O–H groups in total. The van der Waals surface area contributed by atoms with Gasteiger partial charge in [0.05, 0.1) is 11.4 Å². The molecule has 0 atom stereocenters. The van der Waals surface area contributed by atoms with Crippen molar-refractivity contribution in [1.82, 2.24) is 9.97 Å². The van der Waals surface area contributed by atoms with E-state index in [0.717, 1.165) is 5.69 Å². The smallest absolute Gasteiger partial charge is 0.188 e. The highest BCUT2D eigenvalue weighted by molar-refractivity contribution is 5.95. The van der Waals surface area contributed by atoms with Crippen LogP contribution in [0.5, 0.6) is 0 Å². The van der Waals surface area contributed by atoms with Gasteiger partial charge in [-0.3, -0.25) is 4.98 Å². The topological polar surface area (TPSA) is 84.4 Å². The van der Waals surface area contributed by atoms with Gasteiger partial charge < -0.3 is 10.9 Å². The summed E-state index contributed by atoms with van der Waals surface area (Å²) in [5.74, 6) is -0.0159. The molecule has 5 heteroatoms. The molecule has 0 fully saturated rings. The molecule has 0 unspecified atom stereocenters. The monoisotopic (exact) mass is 214 g/mol. The number of aromatic nitrogens is 2. The number of rotatable bonds is 2. The van der Waals surface area contributed by atoms with Crippen LogP contribution in [0, 0.1) is 0 Å². The van der Waals surface area contributed by atoms with Crippen molar-refractivity contribution in [1.29, 1.82) is 0 Å². The van der Waals surface area contributed by atoms with Gasteiger partial charge in [0.2, 0.25) is 0 Å². The minimum Gasteiger partial charge on any atom is -0.409 e. The maximum atomic E-state index is 8.56. The molecule has 0 aliphatic heterocycles. The second kappa shape index (κ2) is 4.39. The van der Waals surface area contributed by atoms with E-state index < -0.39 is 0 Å². The summed E-state index contributed by atoms with van der Waals surface area (Å²) in [6.45, 7) is 0. The van der Waals surface area contributed by atoms with E-state index in [1.165, 1.54) is 0 Å². The van der Waals surface area contributed by atoms with Gasteiger partial charge in [-0.25, -0.2) is 4.98 Å². The van der Waals surface area contributed by atoms with Crippen LogP contribution in [-0.2, 0) is 0 Å². The fourth-order valence-electron chi connectivity index (χ4n) is 1.29. The van der Waals surface area contributed by atoms with Gasteiger partial charge >= 0.3 is 0 Å². The number of nitrogens with zero attached hydrogens (tertiary/aromatic N) is 3. The predicted octanol–water partition coefficient (Wildman–Crippen LogP) is 1.24. The van der Waals surface area contributed by atoms with Crippen molar-refractivity contribution in [2.24, 2.45) is 10.9 Å². The third-order valence-electron chi connectivity index (χ3n) is 2.05. The predicted molar refractivity (Wildman–Crippen MR) is 60.0 cm³/mol. The molecule has 0 aromatic carbocycles. The Bertz CT molecular complexity index is 510. The standard InChI is InChI=1S/C11H10N4O/c12-11(15-16)10-6-3-5-9(14-10)8-4-1-2-7-13-8/h1-7,16H,(H2,12,15). The molecule has 2 heterocycles. The molecule has 0 aliphatic carbocycles. The molecule has 0 aliphatic rings. The first-order valence-corrected chi connectivity index (χ1v) is 4.67. The summed E-state index contributed by atoms with van der Waals surface area (Å²) >= 11 is 0. The lowest BCUT2D eigenvalue weighted by atomic mass is 10.2. The number of oxime groups is 1. The first kappa shape index (κ1) is 10.1. The van der Waals surface area contributed by atoms with Crippen molar-refractivity contribution in [3.63, 3.8) is 0 Å². The van der Waals surface area contributed by atoms with Gasteiger partial charge in [0.15, 0.2) is 5.84 Å². The minimum atomic E-state index is -0.0159. The van der Waals surface area contributed by atoms with E-state index in [-0.39, 0.29) is 5.84 Å². The number of nitrogens with two attached hydrogens (primary N) is 1. The first-order chi connectivity index (χ1) is 7.81. The molecular formula is C11H10N4O. The van der Waals surface area contributed by atoms with E-state index in [0.29, 0.717) is 11.4 Å². The second-order valence-electron chi connectivity index (χ2n) is 3.11. The van der Waals surface area contributed by atoms with E-state index in [4.69, 9.17) is 10.9 Å². The Kier molecular flexibility index (Phi) is 2.77. The third-order valence-corrected chi connectivity index (χ3v) is 2.05.